The molecule has 0 spiro atoms. The zero-order valence-corrected chi connectivity index (χ0v) is 10.3. The van der Waals surface area contributed by atoms with E-state index < -0.39 is 0 Å². The number of nitrogens with zero attached hydrogens (tertiary/aromatic N) is 2. The predicted molar refractivity (Wildman–Crippen MR) is 68.9 cm³/mol. The average molecular weight is 255 g/mol. The van der Waals surface area contributed by atoms with E-state index in [1.165, 1.54) is 11.0 Å². The van der Waals surface area contributed by atoms with Gasteiger partial charge in [0.05, 0.1) is 11.3 Å². The Labute approximate surface area is 110 Å². The number of hydrogen-bond donors (Lipinski definition) is 1. The fourth-order valence-electron chi connectivity index (χ4n) is 2.98. The summed E-state index contributed by atoms with van der Waals surface area (Å²) in [5, 5.41) is 9.14. The maximum atomic E-state index is 12.3. The van der Waals surface area contributed by atoms with Gasteiger partial charge in [-0.1, -0.05) is 0 Å². The molecule has 1 aromatic carbocycles. The highest BCUT2D eigenvalue weighted by Crippen LogP contribution is 2.40. The normalized spacial score (nSPS) is 25.5. The highest BCUT2D eigenvalue weighted by atomic mass is 16.2. The molecule has 2 N–H and O–H groups in total. The van der Waals surface area contributed by atoms with Crippen molar-refractivity contribution >= 4 is 23.2 Å². The van der Waals surface area contributed by atoms with Crippen molar-refractivity contribution in [2.45, 2.75) is 19.3 Å². The molecule has 2 atom stereocenters. The third-order valence-electron chi connectivity index (χ3n) is 3.95. The van der Waals surface area contributed by atoms with Gasteiger partial charge in [-0.3, -0.25) is 9.59 Å². The van der Waals surface area contributed by atoms with Crippen molar-refractivity contribution in [1.82, 2.24) is 0 Å². The van der Waals surface area contributed by atoms with Gasteiger partial charge in [-0.05, 0) is 37.5 Å². The lowest BCUT2D eigenvalue weighted by atomic mass is 9.95. The van der Waals surface area contributed by atoms with Crippen LogP contribution in [0.3, 0.4) is 0 Å². The van der Waals surface area contributed by atoms with Crippen molar-refractivity contribution in [3.05, 3.63) is 23.8 Å². The van der Waals surface area contributed by atoms with Crippen LogP contribution in [0.5, 0.6) is 0 Å². The van der Waals surface area contributed by atoms with Crippen LogP contribution < -0.4 is 10.6 Å². The number of rotatable bonds is 1. The van der Waals surface area contributed by atoms with Crippen LogP contribution in [-0.2, 0) is 9.59 Å². The number of benzene rings is 1. The van der Waals surface area contributed by atoms with E-state index in [1.54, 1.807) is 12.1 Å². The van der Waals surface area contributed by atoms with Crippen molar-refractivity contribution in [2.24, 2.45) is 11.8 Å². The number of imide groups is 1. The zero-order chi connectivity index (χ0) is 13.6. The predicted octanol–water partition coefficient (Wildman–Crippen LogP) is 1.43. The summed E-state index contributed by atoms with van der Waals surface area (Å²) in [5.74, 6) is -0.515. The first-order valence-corrected chi connectivity index (χ1v) is 6.29. The molecular formula is C14H13N3O2. The van der Waals surface area contributed by atoms with Crippen LogP contribution in [0.2, 0.25) is 0 Å². The van der Waals surface area contributed by atoms with Crippen LogP contribution in [0.25, 0.3) is 0 Å². The van der Waals surface area contributed by atoms with Crippen molar-refractivity contribution in [3.8, 4) is 6.07 Å². The highest BCUT2D eigenvalue weighted by Gasteiger charge is 2.46. The molecule has 0 radical (unpaired) electrons. The van der Waals surface area contributed by atoms with E-state index in [0.29, 0.717) is 17.8 Å². The van der Waals surface area contributed by atoms with Crippen molar-refractivity contribution in [3.63, 3.8) is 0 Å². The van der Waals surface area contributed by atoms with Crippen LogP contribution in [0, 0.1) is 23.2 Å². The lowest BCUT2D eigenvalue weighted by molar-refractivity contribution is -0.133. The van der Waals surface area contributed by atoms with Gasteiger partial charge in [0.25, 0.3) is 0 Å². The molecule has 1 aromatic rings. The summed E-state index contributed by atoms with van der Waals surface area (Å²) in [6.45, 7) is 0. The summed E-state index contributed by atoms with van der Waals surface area (Å²) in [7, 11) is 0. The Kier molecular flexibility index (Phi) is 2.53. The standard InChI is InChI=1S/C14H13N3O2/c15-7-10-6-11(16)3-4-12(10)17-13(18)8-1-2-9(5-8)14(17)19/h3-4,6,8-9H,1-2,5,16H2. The molecular weight excluding hydrogens is 242 g/mol. The molecule has 2 aliphatic rings. The first kappa shape index (κ1) is 11.7. The minimum absolute atomic E-state index is 0.0770. The van der Waals surface area contributed by atoms with E-state index in [1.807, 2.05) is 6.07 Å². The van der Waals surface area contributed by atoms with E-state index in [4.69, 9.17) is 11.0 Å². The van der Waals surface area contributed by atoms with Gasteiger partial charge in [0.15, 0.2) is 0 Å². The average Bonchev–Trinajstić information content (AvgIpc) is 2.85. The molecule has 2 amide bonds. The number of piperidine rings is 1. The summed E-state index contributed by atoms with van der Waals surface area (Å²) >= 11 is 0. The molecule has 1 heterocycles. The molecule has 2 fully saturated rings. The summed E-state index contributed by atoms with van der Waals surface area (Å²) in [6, 6.07) is 6.67. The smallest absolute Gasteiger partial charge is 0.236 e. The summed E-state index contributed by atoms with van der Waals surface area (Å²) < 4.78 is 0. The van der Waals surface area contributed by atoms with E-state index in [-0.39, 0.29) is 29.2 Å². The summed E-state index contributed by atoms with van der Waals surface area (Å²) in [5.41, 5.74) is 6.70. The van der Waals surface area contributed by atoms with E-state index >= 15 is 0 Å². The van der Waals surface area contributed by atoms with Crippen molar-refractivity contribution in [2.75, 3.05) is 10.6 Å². The number of nitriles is 1. The number of nitrogens with two attached hydrogens (primary N) is 1. The molecule has 96 valence electrons. The number of anilines is 2. The Morgan fingerprint density at radius 2 is 1.84 bits per heavy atom. The summed E-state index contributed by atoms with van der Waals surface area (Å²) in [4.78, 5) is 25.8. The number of amides is 2. The lowest BCUT2D eigenvalue weighted by Gasteiger charge is -2.30. The van der Waals surface area contributed by atoms with E-state index in [0.717, 1.165) is 12.8 Å². The van der Waals surface area contributed by atoms with Gasteiger partial charge in [-0.15, -0.1) is 0 Å². The second-order valence-electron chi connectivity index (χ2n) is 5.11. The molecule has 1 aliphatic carbocycles. The number of nitrogen functional groups attached to an aromatic ring is 1. The van der Waals surface area contributed by atoms with E-state index in [9.17, 15) is 9.59 Å². The minimum Gasteiger partial charge on any atom is -0.399 e. The Hall–Kier alpha value is -2.35. The molecule has 0 aromatic heterocycles. The third-order valence-corrected chi connectivity index (χ3v) is 3.95. The van der Waals surface area contributed by atoms with Crippen molar-refractivity contribution < 1.29 is 9.59 Å². The molecule has 5 nitrogen and oxygen atoms in total. The number of carbonyl (C=O) groups is 2. The van der Waals surface area contributed by atoms with Crippen LogP contribution in [0.1, 0.15) is 24.8 Å². The fourth-order valence-corrected chi connectivity index (χ4v) is 2.98. The van der Waals surface area contributed by atoms with Gasteiger partial charge in [-0.25, -0.2) is 4.90 Å². The Morgan fingerprint density at radius 1 is 1.21 bits per heavy atom. The SMILES string of the molecule is N#Cc1cc(N)ccc1N1C(=O)C2CCC(C2)C1=O. The fraction of sp³-hybridized carbons (Fsp3) is 0.357. The molecule has 19 heavy (non-hydrogen) atoms. The monoisotopic (exact) mass is 255 g/mol. The molecule has 2 bridgehead atoms. The van der Waals surface area contributed by atoms with Gasteiger partial charge in [0.1, 0.15) is 6.07 Å². The van der Waals surface area contributed by atoms with Crippen molar-refractivity contribution in [1.29, 1.82) is 5.26 Å². The van der Waals surface area contributed by atoms with Crippen LogP contribution in [0.4, 0.5) is 11.4 Å². The topological polar surface area (TPSA) is 87.2 Å². The maximum absolute atomic E-state index is 12.3. The number of hydrogen-bond acceptors (Lipinski definition) is 4. The maximum Gasteiger partial charge on any atom is 0.236 e. The minimum atomic E-state index is -0.181. The van der Waals surface area contributed by atoms with Crippen LogP contribution >= 0.6 is 0 Å². The van der Waals surface area contributed by atoms with Gasteiger partial charge < -0.3 is 5.73 Å². The lowest BCUT2D eigenvalue weighted by Crippen LogP contribution is -2.46. The van der Waals surface area contributed by atoms with Gasteiger partial charge >= 0.3 is 0 Å². The quantitative estimate of drug-likeness (QED) is 0.607. The Balaban J connectivity index is 2.09. The molecule has 1 saturated carbocycles. The second kappa shape index (κ2) is 4.09. The Morgan fingerprint density at radius 3 is 2.42 bits per heavy atom. The van der Waals surface area contributed by atoms with Crippen LogP contribution in [0.15, 0.2) is 18.2 Å². The second-order valence-corrected chi connectivity index (χ2v) is 5.11. The number of carbonyl (C=O) groups excluding carboxylic acids is 2. The van der Waals surface area contributed by atoms with Gasteiger partial charge in [0, 0.05) is 17.5 Å². The van der Waals surface area contributed by atoms with Crippen LogP contribution in [-0.4, -0.2) is 11.8 Å². The Bertz CT molecular complexity index is 596. The molecule has 1 saturated heterocycles. The first-order valence-electron chi connectivity index (χ1n) is 6.29. The molecule has 1 aliphatic heterocycles. The third kappa shape index (κ3) is 1.68. The zero-order valence-electron chi connectivity index (χ0n) is 10.3. The first-order chi connectivity index (χ1) is 9.11. The summed E-state index contributed by atoms with van der Waals surface area (Å²) in [6.07, 6.45) is 2.19. The van der Waals surface area contributed by atoms with Gasteiger partial charge in [0.2, 0.25) is 11.8 Å². The van der Waals surface area contributed by atoms with Gasteiger partial charge in [-0.2, -0.15) is 5.26 Å². The molecule has 5 heteroatoms. The van der Waals surface area contributed by atoms with E-state index in [2.05, 4.69) is 0 Å². The number of fused-ring (bicyclic) bond motifs is 2. The largest absolute Gasteiger partial charge is 0.399 e. The molecule has 2 unspecified atom stereocenters. The highest BCUT2D eigenvalue weighted by molar-refractivity contribution is 6.19. The molecule has 3 rings (SSSR count).